The van der Waals surface area contributed by atoms with Gasteiger partial charge in [0.2, 0.25) is 17.6 Å². The highest BCUT2D eigenvalue weighted by Gasteiger charge is 2.55. The Bertz CT molecular complexity index is 1220. The molecule has 4 heterocycles. The molecule has 3 aromatic rings. The summed E-state index contributed by atoms with van der Waals surface area (Å²) < 4.78 is 6.58. The van der Waals surface area contributed by atoms with E-state index in [9.17, 15) is 9.90 Å². The van der Waals surface area contributed by atoms with Crippen LogP contribution < -0.4 is 0 Å². The minimum Gasteiger partial charge on any atom is -0.380 e. The third-order valence-electron chi connectivity index (χ3n) is 7.52. The van der Waals surface area contributed by atoms with Crippen molar-refractivity contribution >= 4 is 21.8 Å². The van der Waals surface area contributed by atoms with Gasteiger partial charge in [0.1, 0.15) is 5.60 Å². The molecule has 0 radical (unpaired) electrons. The van der Waals surface area contributed by atoms with Gasteiger partial charge in [-0.1, -0.05) is 40.1 Å². The smallest absolute Gasteiger partial charge is 0.230 e. The number of halogens is 1. The molecule has 2 aromatic heterocycles. The highest BCUT2D eigenvalue weighted by atomic mass is 79.9. The number of pyridine rings is 1. The fourth-order valence-electron chi connectivity index (χ4n) is 5.65. The summed E-state index contributed by atoms with van der Waals surface area (Å²) >= 11 is 3.50. The first-order valence-electron chi connectivity index (χ1n) is 11.9. The summed E-state index contributed by atoms with van der Waals surface area (Å²) in [5.41, 5.74) is 0.596. The van der Waals surface area contributed by atoms with Gasteiger partial charge in [0, 0.05) is 72.4 Å². The molecule has 0 aliphatic carbocycles. The molecule has 1 aromatic carbocycles. The molecule has 2 fully saturated rings. The molecule has 0 bridgehead atoms. The van der Waals surface area contributed by atoms with Crippen molar-refractivity contribution in [2.75, 3.05) is 33.2 Å². The van der Waals surface area contributed by atoms with Gasteiger partial charge in [0.25, 0.3) is 0 Å². The van der Waals surface area contributed by atoms with Crippen molar-refractivity contribution < 1.29 is 14.4 Å². The first-order chi connectivity index (χ1) is 16.7. The second kappa shape index (κ2) is 9.11. The van der Waals surface area contributed by atoms with Crippen LogP contribution in [-0.2, 0) is 10.4 Å². The number of carbonyl (C=O) groups excluding carboxylic acids is 1. The number of amides is 1. The van der Waals surface area contributed by atoms with E-state index < -0.39 is 5.60 Å². The molecular formula is C26H30BrN5O3. The average molecular weight is 540 g/mol. The molecule has 2 aliphatic rings. The van der Waals surface area contributed by atoms with Gasteiger partial charge in [-0.05, 0) is 43.7 Å². The topological polar surface area (TPSA) is 95.6 Å². The maximum Gasteiger partial charge on any atom is 0.230 e. The fourth-order valence-corrected chi connectivity index (χ4v) is 5.91. The Labute approximate surface area is 213 Å². The average Bonchev–Trinajstić information content (AvgIpc) is 3.34. The highest BCUT2D eigenvalue weighted by molar-refractivity contribution is 9.10. The summed E-state index contributed by atoms with van der Waals surface area (Å²) in [4.78, 5) is 24.8. The minimum absolute atomic E-state index is 0.0992. The van der Waals surface area contributed by atoms with Crippen molar-refractivity contribution in [2.24, 2.45) is 5.41 Å². The second-order valence-corrected chi connectivity index (χ2v) is 11.1. The van der Waals surface area contributed by atoms with Crippen LogP contribution in [0.3, 0.4) is 0 Å². The number of nitrogens with zero attached hydrogens (tertiary/aromatic N) is 5. The van der Waals surface area contributed by atoms with Crippen molar-refractivity contribution in [3.05, 3.63) is 64.2 Å². The number of benzene rings is 1. The largest absolute Gasteiger partial charge is 0.380 e. The summed E-state index contributed by atoms with van der Waals surface area (Å²) in [5.74, 6) is 1.27. The van der Waals surface area contributed by atoms with E-state index in [2.05, 4.69) is 49.9 Å². The van der Waals surface area contributed by atoms with E-state index in [1.807, 2.05) is 35.2 Å². The molecule has 5 rings (SSSR count). The Morgan fingerprint density at radius 3 is 2.49 bits per heavy atom. The van der Waals surface area contributed by atoms with E-state index in [0.717, 1.165) is 36.0 Å². The first kappa shape index (κ1) is 24.1. The lowest BCUT2D eigenvalue weighted by atomic mass is 9.62. The standard InChI is InChI=1S/C26H30BrN5O3/c1-17(33)32-10-8-18(9-11-32)24-29-23(30-35-24)19-12-21(14-28-13-19)26(34,25(2)15-31(3)16-25)20-4-6-22(27)7-5-20/h4-7,12-14,18,34H,8-11,15-16H2,1-3H3/t26-/m0/s1. The van der Waals surface area contributed by atoms with Crippen LogP contribution in [0.5, 0.6) is 0 Å². The number of rotatable bonds is 5. The van der Waals surface area contributed by atoms with Crippen LogP contribution >= 0.6 is 15.9 Å². The number of hydrogen-bond acceptors (Lipinski definition) is 7. The second-order valence-electron chi connectivity index (χ2n) is 10.1. The maximum atomic E-state index is 12.3. The van der Waals surface area contributed by atoms with Crippen molar-refractivity contribution in [3.8, 4) is 11.4 Å². The number of piperidine rings is 1. The van der Waals surface area contributed by atoms with Gasteiger partial charge in [-0.3, -0.25) is 9.78 Å². The zero-order chi connectivity index (χ0) is 24.8. The van der Waals surface area contributed by atoms with Crippen LogP contribution in [0, 0.1) is 5.41 Å². The zero-order valence-electron chi connectivity index (χ0n) is 20.2. The van der Waals surface area contributed by atoms with Gasteiger partial charge in [-0.2, -0.15) is 4.98 Å². The normalized spacial score (nSPS) is 20.3. The Morgan fingerprint density at radius 1 is 1.17 bits per heavy atom. The molecule has 9 heteroatoms. The summed E-state index contributed by atoms with van der Waals surface area (Å²) in [6.07, 6.45) is 5.03. The van der Waals surface area contributed by atoms with Crippen molar-refractivity contribution in [3.63, 3.8) is 0 Å². The number of carbonyl (C=O) groups is 1. The van der Waals surface area contributed by atoms with Crippen molar-refractivity contribution in [2.45, 2.75) is 38.2 Å². The van der Waals surface area contributed by atoms with E-state index in [1.165, 1.54) is 0 Å². The van der Waals surface area contributed by atoms with Gasteiger partial charge in [-0.25, -0.2) is 0 Å². The molecule has 2 saturated heterocycles. The molecule has 1 atom stereocenters. The molecule has 0 saturated carbocycles. The van der Waals surface area contributed by atoms with Gasteiger partial charge in [0.05, 0.1) is 0 Å². The summed E-state index contributed by atoms with van der Waals surface area (Å²) in [7, 11) is 2.06. The summed E-state index contributed by atoms with van der Waals surface area (Å²) in [6.45, 7) is 6.62. The SMILES string of the molecule is CC(=O)N1CCC(c2nc(-c3cncc([C@@](O)(c4ccc(Br)cc4)C4(C)CN(C)C4)c3)no2)CC1. The van der Waals surface area contributed by atoms with Gasteiger partial charge >= 0.3 is 0 Å². The summed E-state index contributed by atoms with van der Waals surface area (Å²) in [5, 5.41) is 16.5. The molecular weight excluding hydrogens is 510 g/mol. The molecule has 0 unspecified atom stereocenters. The Morgan fingerprint density at radius 2 is 1.86 bits per heavy atom. The van der Waals surface area contributed by atoms with E-state index in [4.69, 9.17) is 4.52 Å². The van der Waals surface area contributed by atoms with Crippen molar-refractivity contribution in [1.82, 2.24) is 24.9 Å². The third-order valence-corrected chi connectivity index (χ3v) is 8.05. The van der Waals surface area contributed by atoms with E-state index in [1.54, 1.807) is 19.3 Å². The van der Waals surface area contributed by atoms with Gasteiger partial charge in [0.15, 0.2) is 0 Å². The van der Waals surface area contributed by atoms with Crippen LogP contribution in [0.2, 0.25) is 0 Å². The molecule has 0 spiro atoms. The predicted molar refractivity (Wildman–Crippen MR) is 135 cm³/mol. The lowest BCUT2D eigenvalue weighted by Gasteiger charge is -2.55. The minimum atomic E-state index is -1.24. The monoisotopic (exact) mass is 539 g/mol. The third kappa shape index (κ3) is 4.30. The Balaban J connectivity index is 1.46. The number of likely N-dealkylation sites (tertiary alicyclic amines) is 2. The predicted octanol–water partition coefficient (Wildman–Crippen LogP) is 3.81. The van der Waals surface area contributed by atoms with Crippen molar-refractivity contribution in [1.29, 1.82) is 0 Å². The quantitative estimate of drug-likeness (QED) is 0.526. The Kier molecular flexibility index (Phi) is 6.27. The number of hydrogen-bond donors (Lipinski definition) is 1. The molecule has 2 aliphatic heterocycles. The molecule has 8 nitrogen and oxygen atoms in total. The zero-order valence-corrected chi connectivity index (χ0v) is 21.8. The molecule has 35 heavy (non-hydrogen) atoms. The van der Waals surface area contributed by atoms with Crippen LogP contribution in [-0.4, -0.2) is 69.2 Å². The van der Waals surface area contributed by atoms with Crippen LogP contribution in [0.15, 0.2) is 51.7 Å². The molecule has 1 amide bonds. The number of aliphatic hydroxyl groups is 1. The van der Waals surface area contributed by atoms with Gasteiger partial charge < -0.3 is 19.4 Å². The van der Waals surface area contributed by atoms with E-state index in [-0.39, 0.29) is 17.2 Å². The first-order valence-corrected chi connectivity index (χ1v) is 12.7. The molecule has 184 valence electrons. The fraction of sp³-hybridized carbons (Fsp3) is 0.462. The highest BCUT2D eigenvalue weighted by Crippen LogP contribution is 2.50. The van der Waals surface area contributed by atoms with E-state index in [0.29, 0.717) is 35.9 Å². The van der Waals surface area contributed by atoms with Gasteiger partial charge in [-0.15, -0.1) is 0 Å². The lowest BCUT2D eigenvalue weighted by molar-refractivity contribution is -0.129. The lowest BCUT2D eigenvalue weighted by Crippen LogP contribution is -2.63. The Hall–Kier alpha value is -2.62. The number of aromatic nitrogens is 3. The van der Waals surface area contributed by atoms with E-state index >= 15 is 0 Å². The summed E-state index contributed by atoms with van der Waals surface area (Å²) in [6, 6.07) is 9.74. The van der Waals surface area contributed by atoms with Crippen LogP contribution in [0.1, 0.15) is 49.6 Å². The molecule has 1 N–H and O–H groups in total. The van der Waals surface area contributed by atoms with Crippen LogP contribution in [0.4, 0.5) is 0 Å². The van der Waals surface area contributed by atoms with Crippen LogP contribution in [0.25, 0.3) is 11.4 Å². The maximum absolute atomic E-state index is 12.3.